The third-order valence-electron chi connectivity index (χ3n) is 2.14. The lowest BCUT2D eigenvalue weighted by Crippen LogP contribution is -1.96. The predicted molar refractivity (Wildman–Crippen MR) is 75.8 cm³/mol. The summed E-state index contributed by atoms with van der Waals surface area (Å²) < 4.78 is 29.5. The average molecular weight is 317 g/mol. The number of halogens is 1. The van der Waals surface area contributed by atoms with Gasteiger partial charge in [0.15, 0.2) is 0 Å². The van der Waals surface area contributed by atoms with Gasteiger partial charge >= 0.3 is 0 Å². The van der Waals surface area contributed by atoms with Gasteiger partial charge in [-0.25, -0.2) is 0 Å². The number of aromatic hydroxyl groups is 2. The van der Waals surface area contributed by atoms with Gasteiger partial charge in [-0.3, -0.25) is 4.55 Å². The van der Waals surface area contributed by atoms with Crippen molar-refractivity contribution in [2.24, 2.45) is 0 Å². The summed E-state index contributed by atoms with van der Waals surface area (Å²) >= 11 is 5.48. The second kappa shape index (κ2) is 6.60. The SMILES string of the molecule is Cc1cc(O)cc(O)c1.O=S(=O)(O)c1cccc(Cl)c1. The Balaban J connectivity index is 0.000000204. The molecule has 0 aliphatic rings. The standard InChI is InChI=1S/C7H8O2.C6H5ClO3S/c1-5-2-6(8)4-7(9)3-5;7-5-2-1-3-6(4-5)11(8,9)10/h2-4,8-9H,1H3;1-4H,(H,8,9,10). The molecule has 0 unspecified atom stereocenters. The number of rotatable bonds is 1. The van der Waals surface area contributed by atoms with Crippen LogP contribution in [0.3, 0.4) is 0 Å². The molecule has 2 aromatic rings. The normalized spacial score (nSPS) is 10.6. The van der Waals surface area contributed by atoms with Crippen LogP contribution in [0.4, 0.5) is 0 Å². The fraction of sp³-hybridized carbons (Fsp3) is 0.0769. The lowest BCUT2D eigenvalue weighted by atomic mass is 10.2. The van der Waals surface area contributed by atoms with E-state index >= 15 is 0 Å². The predicted octanol–water partition coefficient (Wildman–Crippen LogP) is 2.99. The van der Waals surface area contributed by atoms with Gasteiger partial charge in [-0.05, 0) is 42.8 Å². The molecule has 0 bridgehead atoms. The van der Waals surface area contributed by atoms with E-state index in [4.69, 9.17) is 26.4 Å². The second-order valence-electron chi connectivity index (χ2n) is 3.96. The fourth-order valence-electron chi connectivity index (χ4n) is 1.37. The van der Waals surface area contributed by atoms with Gasteiger partial charge in [0.2, 0.25) is 0 Å². The lowest BCUT2D eigenvalue weighted by molar-refractivity contribution is 0.450. The number of benzene rings is 2. The maximum absolute atomic E-state index is 10.5. The van der Waals surface area contributed by atoms with Crippen LogP contribution in [-0.4, -0.2) is 23.2 Å². The molecule has 2 aromatic carbocycles. The van der Waals surface area contributed by atoms with Gasteiger partial charge in [0.05, 0.1) is 4.90 Å². The molecule has 0 fully saturated rings. The molecule has 0 aromatic heterocycles. The molecule has 7 heteroatoms. The van der Waals surface area contributed by atoms with Gasteiger partial charge < -0.3 is 10.2 Å². The molecule has 0 radical (unpaired) electrons. The smallest absolute Gasteiger partial charge is 0.294 e. The van der Waals surface area contributed by atoms with Crippen molar-refractivity contribution in [3.63, 3.8) is 0 Å². The van der Waals surface area contributed by atoms with Gasteiger partial charge in [-0.15, -0.1) is 0 Å². The zero-order valence-electron chi connectivity index (χ0n) is 10.5. The van der Waals surface area contributed by atoms with E-state index in [2.05, 4.69) is 0 Å². The summed E-state index contributed by atoms with van der Waals surface area (Å²) in [6, 6.07) is 9.88. The zero-order valence-corrected chi connectivity index (χ0v) is 12.1. The molecule has 0 aliphatic carbocycles. The minimum absolute atomic E-state index is 0.104. The minimum atomic E-state index is -4.11. The Morgan fingerprint density at radius 3 is 1.90 bits per heavy atom. The van der Waals surface area contributed by atoms with Crippen molar-refractivity contribution in [2.75, 3.05) is 0 Å². The van der Waals surface area contributed by atoms with Crippen LogP contribution >= 0.6 is 11.6 Å². The number of phenolic OH excluding ortho intramolecular Hbond substituents is 2. The summed E-state index contributed by atoms with van der Waals surface area (Å²) in [6.45, 7) is 1.80. The number of phenols is 2. The number of aryl methyl sites for hydroxylation is 1. The Kier molecular flexibility index (Phi) is 5.38. The minimum Gasteiger partial charge on any atom is -0.508 e. The summed E-state index contributed by atoms with van der Waals surface area (Å²) in [6.07, 6.45) is 0. The maximum Gasteiger partial charge on any atom is 0.294 e. The third-order valence-corrected chi connectivity index (χ3v) is 3.23. The molecular formula is C13H13ClO5S. The Bertz CT molecular complexity index is 647. The first-order valence-electron chi connectivity index (χ1n) is 5.41. The average Bonchev–Trinajstić information content (AvgIpc) is 2.26. The largest absolute Gasteiger partial charge is 0.508 e. The van der Waals surface area contributed by atoms with Crippen LogP contribution in [0.15, 0.2) is 47.4 Å². The third kappa shape index (κ3) is 5.48. The van der Waals surface area contributed by atoms with Crippen molar-refractivity contribution in [1.82, 2.24) is 0 Å². The molecule has 0 spiro atoms. The highest BCUT2D eigenvalue weighted by molar-refractivity contribution is 7.85. The van der Waals surface area contributed by atoms with Crippen molar-refractivity contribution < 1.29 is 23.2 Å². The molecule has 108 valence electrons. The van der Waals surface area contributed by atoms with E-state index in [-0.39, 0.29) is 21.4 Å². The van der Waals surface area contributed by atoms with Crippen LogP contribution in [-0.2, 0) is 10.1 Å². The Morgan fingerprint density at radius 1 is 1.00 bits per heavy atom. The van der Waals surface area contributed by atoms with Crippen LogP contribution in [0.1, 0.15) is 5.56 Å². The molecule has 3 N–H and O–H groups in total. The maximum atomic E-state index is 10.5. The molecular weight excluding hydrogens is 304 g/mol. The fourth-order valence-corrected chi connectivity index (χ4v) is 2.15. The van der Waals surface area contributed by atoms with Crippen molar-refractivity contribution in [2.45, 2.75) is 11.8 Å². The topological polar surface area (TPSA) is 94.8 Å². The molecule has 0 heterocycles. The van der Waals surface area contributed by atoms with Gasteiger partial charge in [0.25, 0.3) is 10.1 Å². The van der Waals surface area contributed by atoms with Crippen LogP contribution in [0.25, 0.3) is 0 Å². The molecule has 0 saturated heterocycles. The summed E-state index contributed by atoms with van der Waals surface area (Å²) in [5, 5.41) is 17.9. The second-order valence-corrected chi connectivity index (χ2v) is 5.82. The molecule has 0 atom stereocenters. The lowest BCUT2D eigenvalue weighted by Gasteiger charge is -1.95. The quantitative estimate of drug-likeness (QED) is 0.703. The van der Waals surface area contributed by atoms with Crippen molar-refractivity contribution in [3.8, 4) is 11.5 Å². The van der Waals surface area contributed by atoms with Crippen LogP contribution in [0.2, 0.25) is 5.02 Å². The number of hydrogen-bond acceptors (Lipinski definition) is 4. The van der Waals surface area contributed by atoms with E-state index < -0.39 is 10.1 Å². The highest BCUT2D eigenvalue weighted by atomic mass is 35.5. The van der Waals surface area contributed by atoms with Gasteiger partial charge in [-0.2, -0.15) is 8.42 Å². The van der Waals surface area contributed by atoms with Gasteiger partial charge in [0, 0.05) is 11.1 Å². The van der Waals surface area contributed by atoms with Crippen LogP contribution < -0.4 is 0 Å². The van der Waals surface area contributed by atoms with E-state index in [1.165, 1.54) is 30.3 Å². The van der Waals surface area contributed by atoms with Gasteiger partial charge in [-0.1, -0.05) is 17.7 Å². The summed E-state index contributed by atoms with van der Waals surface area (Å²) in [4.78, 5) is -0.190. The van der Waals surface area contributed by atoms with Crippen molar-refractivity contribution in [1.29, 1.82) is 0 Å². The molecule has 5 nitrogen and oxygen atoms in total. The summed E-state index contributed by atoms with van der Waals surface area (Å²) in [5.41, 5.74) is 0.854. The Morgan fingerprint density at radius 2 is 1.55 bits per heavy atom. The van der Waals surface area contributed by atoms with E-state index in [0.717, 1.165) is 5.56 Å². The number of hydrogen-bond donors (Lipinski definition) is 3. The Hall–Kier alpha value is -1.76. The highest BCUT2D eigenvalue weighted by Crippen LogP contribution is 2.19. The van der Waals surface area contributed by atoms with Crippen LogP contribution in [0.5, 0.6) is 11.5 Å². The zero-order chi connectivity index (χ0) is 15.3. The van der Waals surface area contributed by atoms with Crippen LogP contribution in [0, 0.1) is 6.92 Å². The van der Waals surface area contributed by atoms with Gasteiger partial charge in [0.1, 0.15) is 11.5 Å². The van der Waals surface area contributed by atoms with E-state index in [1.54, 1.807) is 19.1 Å². The van der Waals surface area contributed by atoms with E-state index in [0.29, 0.717) is 0 Å². The summed E-state index contributed by atoms with van der Waals surface area (Å²) in [7, 11) is -4.11. The van der Waals surface area contributed by atoms with E-state index in [1.807, 2.05) is 0 Å². The van der Waals surface area contributed by atoms with Crippen molar-refractivity contribution in [3.05, 3.63) is 53.1 Å². The monoisotopic (exact) mass is 316 g/mol. The highest BCUT2D eigenvalue weighted by Gasteiger charge is 2.08. The van der Waals surface area contributed by atoms with Crippen molar-refractivity contribution >= 4 is 21.7 Å². The first-order chi connectivity index (χ1) is 9.18. The molecule has 0 aliphatic heterocycles. The molecule has 0 saturated carbocycles. The molecule has 0 amide bonds. The first-order valence-corrected chi connectivity index (χ1v) is 7.23. The molecule has 2 rings (SSSR count). The van der Waals surface area contributed by atoms with E-state index in [9.17, 15) is 8.42 Å². The first kappa shape index (κ1) is 16.3. The molecule has 20 heavy (non-hydrogen) atoms. The Labute approximate surface area is 121 Å². The summed E-state index contributed by atoms with van der Waals surface area (Å²) in [5.74, 6) is 0.208.